The van der Waals surface area contributed by atoms with Crippen molar-refractivity contribution in [2.75, 3.05) is 11.9 Å². The van der Waals surface area contributed by atoms with E-state index in [-0.39, 0.29) is 6.61 Å². The van der Waals surface area contributed by atoms with Gasteiger partial charge in [-0.25, -0.2) is 19.8 Å². The van der Waals surface area contributed by atoms with Crippen LogP contribution in [0.4, 0.5) is 17.3 Å². The minimum absolute atomic E-state index is 0.0426. The molecule has 0 aliphatic carbocycles. The van der Waals surface area contributed by atoms with Crippen molar-refractivity contribution in [1.29, 1.82) is 0 Å². The normalized spacial score (nSPS) is 10.7. The second-order valence-electron chi connectivity index (χ2n) is 5.92. The van der Waals surface area contributed by atoms with Gasteiger partial charge < -0.3 is 15.0 Å². The highest BCUT2D eigenvalue weighted by Crippen LogP contribution is 2.32. The van der Waals surface area contributed by atoms with Crippen LogP contribution in [0.15, 0.2) is 61.2 Å². The van der Waals surface area contributed by atoms with Crippen molar-refractivity contribution in [2.24, 2.45) is 0 Å². The molecule has 0 amide bonds. The van der Waals surface area contributed by atoms with Crippen molar-refractivity contribution >= 4 is 28.4 Å². The van der Waals surface area contributed by atoms with E-state index in [1.807, 2.05) is 47.0 Å². The fourth-order valence-corrected chi connectivity index (χ4v) is 2.97. The number of hydrogen-bond donors (Lipinski definition) is 2. The van der Waals surface area contributed by atoms with Gasteiger partial charge in [-0.1, -0.05) is 30.3 Å². The lowest BCUT2D eigenvalue weighted by atomic mass is 10.0. The molecule has 7 nitrogen and oxygen atoms in total. The number of hydrogen-bond acceptors (Lipinski definition) is 5. The van der Waals surface area contributed by atoms with E-state index in [9.17, 15) is 5.11 Å². The Hall–Kier alpha value is -3.76. The maximum Gasteiger partial charge on any atom is 0.224 e. The van der Waals surface area contributed by atoms with E-state index in [1.54, 1.807) is 6.33 Å². The first-order valence-corrected chi connectivity index (χ1v) is 8.40. The molecule has 4 rings (SSSR count). The van der Waals surface area contributed by atoms with E-state index < -0.39 is 0 Å². The van der Waals surface area contributed by atoms with Gasteiger partial charge in [-0.3, -0.25) is 0 Å². The molecule has 0 atom stereocenters. The monoisotopic (exact) mass is 356 g/mol. The molecule has 2 aromatic heterocycles. The molecule has 0 fully saturated rings. The predicted molar refractivity (Wildman–Crippen MR) is 104 cm³/mol. The minimum atomic E-state index is 0.0426. The minimum Gasteiger partial charge on any atom is -0.395 e. The van der Waals surface area contributed by atoms with Crippen molar-refractivity contribution in [2.45, 2.75) is 6.54 Å². The highest BCUT2D eigenvalue weighted by Gasteiger charge is 2.13. The maximum atomic E-state index is 9.35. The van der Waals surface area contributed by atoms with Crippen LogP contribution in [0.5, 0.6) is 0 Å². The van der Waals surface area contributed by atoms with Gasteiger partial charge in [-0.2, -0.15) is 0 Å². The molecule has 0 aliphatic rings. The van der Waals surface area contributed by atoms with E-state index in [1.165, 1.54) is 12.4 Å². The number of nitrogens with one attached hydrogen (secondary N) is 1. The first-order valence-electron chi connectivity index (χ1n) is 8.40. The Bertz CT molecular complexity index is 1110. The summed E-state index contributed by atoms with van der Waals surface area (Å²) in [5, 5.41) is 12.5. The number of imidazole rings is 1. The van der Waals surface area contributed by atoms with Crippen LogP contribution in [0.25, 0.3) is 27.0 Å². The largest absolute Gasteiger partial charge is 0.395 e. The molecule has 2 aromatic carbocycles. The van der Waals surface area contributed by atoms with Crippen molar-refractivity contribution in [3.63, 3.8) is 0 Å². The van der Waals surface area contributed by atoms with Crippen LogP contribution < -0.4 is 5.32 Å². The Morgan fingerprint density at radius 3 is 2.56 bits per heavy atom. The van der Waals surface area contributed by atoms with Gasteiger partial charge in [0, 0.05) is 30.2 Å². The molecule has 2 N–H and O–H groups in total. The molecule has 2 heterocycles. The Morgan fingerprint density at radius 2 is 1.85 bits per heavy atom. The van der Waals surface area contributed by atoms with Crippen molar-refractivity contribution in [3.8, 4) is 11.1 Å². The summed E-state index contributed by atoms with van der Waals surface area (Å²) in [7, 11) is 0. The summed E-state index contributed by atoms with van der Waals surface area (Å²) in [6.45, 7) is 7.50. The highest BCUT2D eigenvalue weighted by molar-refractivity contribution is 5.95. The molecule has 4 aromatic rings. The number of aliphatic hydroxyl groups is 1. The number of aliphatic hydroxyl groups excluding tert-OH is 1. The Balaban J connectivity index is 1.81. The Morgan fingerprint density at radius 1 is 1.07 bits per heavy atom. The Labute approximate surface area is 155 Å². The predicted octanol–water partition coefficient (Wildman–Crippen LogP) is 3.78. The summed E-state index contributed by atoms with van der Waals surface area (Å²) in [6.07, 6.45) is 4.70. The summed E-state index contributed by atoms with van der Waals surface area (Å²) >= 11 is 0. The molecule has 0 saturated heterocycles. The number of rotatable bonds is 5. The summed E-state index contributed by atoms with van der Waals surface area (Å²) in [6, 6.07) is 14.0. The van der Waals surface area contributed by atoms with E-state index in [0.29, 0.717) is 18.2 Å². The average Bonchev–Trinajstić information content (AvgIpc) is 3.12. The first-order chi connectivity index (χ1) is 13.3. The van der Waals surface area contributed by atoms with Crippen LogP contribution in [0.1, 0.15) is 0 Å². The number of fused-ring (bicyclic) bond motifs is 1. The summed E-state index contributed by atoms with van der Waals surface area (Å²) in [4.78, 5) is 16.1. The molecule has 0 bridgehead atoms. The van der Waals surface area contributed by atoms with Crippen LogP contribution in [0.2, 0.25) is 0 Å². The third kappa shape index (κ3) is 3.34. The van der Waals surface area contributed by atoms with Gasteiger partial charge >= 0.3 is 0 Å². The molecule has 27 heavy (non-hydrogen) atoms. The number of nitrogens with zero attached hydrogens (tertiary/aromatic N) is 5. The fraction of sp³-hybridized carbons (Fsp3) is 0.100. The van der Waals surface area contributed by atoms with Crippen LogP contribution in [0.3, 0.4) is 0 Å². The van der Waals surface area contributed by atoms with Gasteiger partial charge in [0.05, 0.1) is 30.5 Å². The molecule has 0 aliphatic heterocycles. The summed E-state index contributed by atoms with van der Waals surface area (Å²) in [5.74, 6) is 0.413. The van der Waals surface area contributed by atoms with Crippen LogP contribution in [-0.2, 0) is 6.54 Å². The zero-order chi connectivity index (χ0) is 18.6. The lowest BCUT2D eigenvalue weighted by Gasteiger charge is -2.11. The van der Waals surface area contributed by atoms with Crippen LogP contribution in [-0.4, -0.2) is 31.2 Å². The lowest BCUT2D eigenvalue weighted by Crippen LogP contribution is -2.02. The van der Waals surface area contributed by atoms with Gasteiger partial charge in [-0.05, 0) is 17.7 Å². The average molecular weight is 356 g/mol. The molecular formula is C20H16N6O. The summed E-state index contributed by atoms with van der Waals surface area (Å²) < 4.78 is 1.95. The van der Waals surface area contributed by atoms with Gasteiger partial charge in [0.15, 0.2) is 0 Å². The van der Waals surface area contributed by atoms with E-state index in [0.717, 1.165) is 27.8 Å². The van der Waals surface area contributed by atoms with E-state index in [2.05, 4.69) is 25.1 Å². The molecule has 0 radical (unpaired) electrons. The standard InChI is InChI=1S/C20H16N6O/c1-21-16-11-22-20(23-12-16)25-15-9-17(14-5-3-2-4-6-14)19-18(10-15)24-13-26(19)7-8-27/h2-6,9-13,27H,7-8H2,(H,22,23,25). The topological polar surface area (TPSA) is 80.2 Å². The van der Waals surface area contributed by atoms with Crippen molar-refractivity contribution in [1.82, 2.24) is 19.5 Å². The quantitative estimate of drug-likeness (QED) is 0.532. The molecular weight excluding hydrogens is 340 g/mol. The second-order valence-corrected chi connectivity index (χ2v) is 5.92. The Kier molecular flexibility index (Phi) is 4.47. The second kappa shape index (κ2) is 7.23. The maximum absolute atomic E-state index is 9.35. The lowest BCUT2D eigenvalue weighted by molar-refractivity contribution is 0.278. The number of aromatic nitrogens is 4. The van der Waals surface area contributed by atoms with Gasteiger partial charge in [0.2, 0.25) is 11.6 Å². The van der Waals surface area contributed by atoms with Crippen LogP contribution >= 0.6 is 0 Å². The zero-order valence-electron chi connectivity index (χ0n) is 14.4. The van der Waals surface area contributed by atoms with E-state index in [4.69, 9.17) is 6.57 Å². The third-order valence-corrected chi connectivity index (χ3v) is 4.16. The SMILES string of the molecule is [C-]#[N+]c1cnc(Nc2cc(-c3ccccc3)c3c(c2)ncn3CCO)nc1. The highest BCUT2D eigenvalue weighted by atomic mass is 16.3. The third-order valence-electron chi connectivity index (χ3n) is 4.16. The molecule has 0 saturated carbocycles. The fourth-order valence-electron chi connectivity index (χ4n) is 2.97. The van der Waals surface area contributed by atoms with Gasteiger partial charge in [-0.15, -0.1) is 0 Å². The molecule has 0 spiro atoms. The van der Waals surface area contributed by atoms with Crippen molar-refractivity contribution < 1.29 is 5.11 Å². The molecule has 7 heteroatoms. The smallest absolute Gasteiger partial charge is 0.224 e. The zero-order valence-corrected chi connectivity index (χ0v) is 14.4. The summed E-state index contributed by atoms with van der Waals surface area (Å²) in [5.41, 5.74) is 5.01. The van der Waals surface area contributed by atoms with Crippen LogP contribution in [0, 0.1) is 6.57 Å². The molecule has 132 valence electrons. The number of anilines is 2. The molecule has 0 unspecified atom stereocenters. The van der Waals surface area contributed by atoms with Crippen molar-refractivity contribution in [3.05, 3.63) is 72.6 Å². The first kappa shape index (κ1) is 16.7. The van der Waals surface area contributed by atoms with Gasteiger partial charge in [0.25, 0.3) is 0 Å². The van der Waals surface area contributed by atoms with E-state index >= 15 is 0 Å². The van der Waals surface area contributed by atoms with Gasteiger partial charge in [0.1, 0.15) is 0 Å². The number of benzene rings is 2.